The number of aliphatic imine (C=N–C) groups is 1. The fourth-order valence-corrected chi connectivity index (χ4v) is 0.543. The van der Waals surface area contributed by atoms with Gasteiger partial charge in [0.15, 0.2) is 0 Å². The van der Waals surface area contributed by atoms with Crippen LogP contribution in [0.25, 0.3) is 0 Å². The zero-order valence-corrected chi connectivity index (χ0v) is 8.31. The van der Waals surface area contributed by atoms with E-state index in [4.69, 9.17) is 5.41 Å². The zero-order valence-electron chi connectivity index (χ0n) is 7.50. The molecule has 1 atom stereocenters. The number of hydrogen-bond acceptors (Lipinski definition) is 3. The summed E-state index contributed by atoms with van der Waals surface area (Å²) >= 11 is 0. The fraction of sp³-hybridized carbons (Fsp3) is 0.714. The van der Waals surface area contributed by atoms with E-state index < -0.39 is 0 Å². The second-order valence-electron chi connectivity index (χ2n) is 2.63. The van der Waals surface area contributed by atoms with Crippen LogP contribution in [0, 0.1) is 5.41 Å². The van der Waals surface area contributed by atoms with Gasteiger partial charge in [-0.15, -0.1) is 12.4 Å². The largest absolute Gasteiger partial charge is 0.306 e. The summed E-state index contributed by atoms with van der Waals surface area (Å²) in [5.41, 5.74) is 0. The Hall–Kier alpha value is -0.700. The molecule has 4 nitrogen and oxygen atoms in total. The van der Waals surface area contributed by atoms with Gasteiger partial charge in [0.05, 0.1) is 6.01 Å². The molecule has 0 bridgehead atoms. The van der Waals surface area contributed by atoms with Crippen LogP contribution >= 0.6 is 12.4 Å². The molecule has 5 heteroatoms. The third-order valence-electron chi connectivity index (χ3n) is 1.53. The first-order valence-electron chi connectivity index (χ1n) is 3.39. The predicted molar refractivity (Wildman–Crippen MR) is 50.2 cm³/mol. The second kappa shape index (κ2) is 6.98. The summed E-state index contributed by atoms with van der Waals surface area (Å²) < 4.78 is 0. The van der Waals surface area contributed by atoms with E-state index in [1.165, 1.54) is 0 Å². The van der Waals surface area contributed by atoms with Crippen molar-refractivity contribution in [1.82, 2.24) is 4.90 Å². The summed E-state index contributed by atoms with van der Waals surface area (Å²) in [5, 5.41) is 6.43. The normalized spacial score (nSPS) is 11.3. The number of carbonyl (C=O) groups excluding carboxylic acids is 1. The maximum Gasteiger partial charge on any atom is 0.256 e. The topological polar surface area (TPSA) is 56.5 Å². The van der Waals surface area contributed by atoms with Crippen molar-refractivity contribution in [3.63, 3.8) is 0 Å². The molecule has 0 aromatic carbocycles. The molecule has 0 aromatic rings. The van der Waals surface area contributed by atoms with Crippen molar-refractivity contribution in [2.45, 2.75) is 19.4 Å². The molecular formula is C7H14ClN3O. The minimum absolute atomic E-state index is 0. The van der Waals surface area contributed by atoms with Gasteiger partial charge in [-0.1, -0.05) is 0 Å². The summed E-state index contributed by atoms with van der Waals surface area (Å²) in [6.07, 6.45) is 0.346. The molecule has 12 heavy (non-hydrogen) atoms. The van der Waals surface area contributed by atoms with E-state index in [1.807, 2.05) is 25.9 Å². The summed E-state index contributed by atoms with van der Waals surface area (Å²) in [6, 6.07) is 1.88. The molecule has 0 rings (SSSR count). The Morgan fingerprint density at radius 2 is 2.17 bits per heavy atom. The molecule has 0 spiro atoms. The van der Waals surface area contributed by atoms with Gasteiger partial charge >= 0.3 is 0 Å². The molecule has 0 aliphatic heterocycles. The maximum absolute atomic E-state index is 10.8. The average molecular weight is 192 g/mol. The molecule has 0 saturated carbocycles. The van der Waals surface area contributed by atoms with Crippen molar-refractivity contribution in [3.8, 4) is 0 Å². The van der Waals surface area contributed by atoms with E-state index in [-0.39, 0.29) is 24.4 Å². The van der Waals surface area contributed by atoms with Crippen LogP contribution < -0.4 is 0 Å². The Kier molecular flexibility index (Phi) is 8.06. The highest BCUT2D eigenvalue weighted by atomic mass is 35.5. The smallest absolute Gasteiger partial charge is 0.256 e. The van der Waals surface area contributed by atoms with Crippen LogP contribution in [0.2, 0.25) is 0 Å². The van der Waals surface area contributed by atoms with Crippen LogP contribution in [0.15, 0.2) is 4.99 Å². The number of hydrogen-bond donors (Lipinski definition) is 1. The van der Waals surface area contributed by atoms with E-state index in [9.17, 15) is 4.79 Å². The van der Waals surface area contributed by atoms with Crippen molar-refractivity contribution in [2.75, 3.05) is 14.1 Å². The lowest BCUT2D eigenvalue weighted by molar-refractivity contribution is -0.118. The molecule has 1 amide bonds. The maximum atomic E-state index is 10.8. The van der Waals surface area contributed by atoms with Gasteiger partial charge in [-0.05, 0) is 21.0 Å². The molecule has 0 fully saturated rings. The Balaban J connectivity index is 0. The molecule has 1 unspecified atom stereocenters. The Morgan fingerprint density at radius 3 is 2.50 bits per heavy atom. The first-order chi connectivity index (χ1) is 5.07. The minimum atomic E-state index is -0.291. The first kappa shape index (κ1) is 13.9. The van der Waals surface area contributed by atoms with Crippen LogP contribution in [0.1, 0.15) is 13.3 Å². The Labute approximate surface area is 78.6 Å². The van der Waals surface area contributed by atoms with Gasteiger partial charge in [0.1, 0.15) is 0 Å². The second-order valence-corrected chi connectivity index (χ2v) is 2.63. The van der Waals surface area contributed by atoms with Gasteiger partial charge < -0.3 is 4.90 Å². The van der Waals surface area contributed by atoms with E-state index in [0.717, 1.165) is 0 Å². The number of nitrogens with zero attached hydrogens (tertiary/aromatic N) is 2. The molecule has 0 radical (unpaired) electrons. The van der Waals surface area contributed by atoms with Crippen LogP contribution in [0.3, 0.4) is 0 Å². The summed E-state index contributed by atoms with van der Waals surface area (Å²) in [7, 11) is 3.79. The predicted octanol–water partition coefficient (Wildman–Crippen LogP) is 1.03. The summed E-state index contributed by atoms with van der Waals surface area (Å²) in [4.78, 5) is 15.9. The molecule has 1 N–H and O–H groups in total. The highest BCUT2D eigenvalue weighted by Crippen LogP contribution is 1.98. The SMILES string of the molecule is CC(CC(=O)N=C=N)N(C)C.Cl. The van der Waals surface area contributed by atoms with Crippen LogP contribution in [0.5, 0.6) is 0 Å². The highest BCUT2D eigenvalue weighted by Gasteiger charge is 2.08. The van der Waals surface area contributed by atoms with Gasteiger partial charge in [0.25, 0.3) is 5.91 Å². The van der Waals surface area contributed by atoms with E-state index in [1.54, 1.807) is 6.01 Å². The van der Waals surface area contributed by atoms with Gasteiger partial charge in [0, 0.05) is 12.5 Å². The monoisotopic (exact) mass is 191 g/mol. The van der Waals surface area contributed by atoms with E-state index in [2.05, 4.69) is 4.99 Å². The highest BCUT2D eigenvalue weighted by molar-refractivity contribution is 5.85. The van der Waals surface area contributed by atoms with Gasteiger partial charge in [0.2, 0.25) is 0 Å². The fourth-order valence-electron chi connectivity index (χ4n) is 0.543. The van der Waals surface area contributed by atoms with Crippen LogP contribution in [-0.2, 0) is 4.79 Å². The lowest BCUT2D eigenvalue weighted by atomic mass is 10.2. The number of nitrogens with one attached hydrogen (secondary N) is 1. The molecule has 0 aliphatic carbocycles. The number of halogens is 1. The third-order valence-corrected chi connectivity index (χ3v) is 1.53. The molecule has 0 aliphatic rings. The summed E-state index contributed by atoms with van der Waals surface area (Å²) in [6.45, 7) is 1.93. The van der Waals surface area contributed by atoms with Gasteiger partial charge in [-0.25, -0.2) is 5.41 Å². The Morgan fingerprint density at radius 1 is 1.67 bits per heavy atom. The van der Waals surface area contributed by atoms with E-state index >= 15 is 0 Å². The average Bonchev–Trinajstić information content (AvgIpc) is 1.87. The van der Waals surface area contributed by atoms with E-state index in [0.29, 0.717) is 6.42 Å². The Bertz CT molecular complexity index is 187. The molecule has 0 saturated heterocycles. The van der Waals surface area contributed by atoms with Gasteiger partial charge in [-0.2, -0.15) is 4.99 Å². The van der Waals surface area contributed by atoms with Crippen molar-refractivity contribution >= 4 is 24.3 Å². The number of amides is 1. The quantitative estimate of drug-likeness (QED) is 0.678. The zero-order chi connectivity index (χ0) is 8.85. The summed E-state index contributed by atoms with van der Waals surface area (Å²) in [5.74, 6) is -0.291. The molecule has 0 heterocycles. The van der Waals surface area contributed by atoms with Crippen molar-refractivity contribution in [3.05, 3.63) is 0 Å². The molecule has 0 aromatic heterocycles. The van der Waals surface area contributed by atoms with Crippen LogP contribution in [-0.4, -0.2) is 37.0 Å². The number of carbonyl (C=O) groups is 1. The van der Waals surface area contributed by atoms with Crippen LogP contribution in [0.4, 0.5) is 0 Å². The standard InChI is InChI=1S/C7H13N3O.ClH/c1-6(10(2)3)4-7(11)9-5-8;/h6,8H,4H2,1-3H3;1H. The first-order valence-corrected chi connectivity index (χ1v) is 3.39. The molecular weight excluding hydrogens is 178 g/mol. The molecule has 70 valence electrons. The lowest BCUT2D eigenvalue weighted by Crippen LogP contribution is -2.26. The van der Waals surface area contributed by atoms with Crippen molar-refractivity contribution < 1.29 is 4.79 Å². The number of rotatable bonds is 3. The third kappa shape index (κ3) is 6.04. The van der Waals surface area contributed by atoms with Gasteiger partial charge in [-0.3, -0.25) is 4.79 Å². The lowest BCUT2D eigenvalue weighted by Gasteiger charge is -2.16. The van der Waals surface area contributed by atoms with Crippen molar-refractivity contribution in [1.29, 1.82) is 5.41 Å². The van der Waals surface area contributed by atoms with Crippen molar-refractivity contribution in [2.24, 2.45) is 4.99 Å². The minimum Gasteiger partial charge on any atom is -0.306 e.